The van der Waals surface area contributed by atoms with Gasteiger partial charge in [-0.2, -0.15) is 4.98 Å². The number of hydrogen-bond donors (Lipinski definition) is 0. The maximum atomic E-state index is 12.4. The van der Waals surface area contributed by atoms with E-state index in [1.54, 1.807) is 36.1 Å². The maximum absolute atomic E-state index is 12.4. The van der Waals surface area contributed by atoms with E-state index in [0.29, 0.717) is 42.1 Å². The summed E-state index contributed by atoms with van der Waals surface area (Å²) in [5, 5.41) is 4.68. The van der Waals surface area contributed by atoms with Crippen molar-refractivity contribution in [3.05, 3.63) is 87.8 Å². The van der Waals surface area contributed by atoms with Crippen LogP contribution in [0.1, 0.15) is 5.56 Å². The highest BCUT2D eigenvalue weighted by molar-refractivity contribution is 6.30. The van der Waals surface area contributed by atoms with Crippen LogP contribution in [0.2, 0.25) is 5.02 Å². The van der Waals surface area contributed by atoms with Gasteiger partial charge < -0.3 is 18.6 Å². The van der Waals surface area contributed by atoms with Gasteiger partial charge in [0.1, 0.15) is 12.4 Å². The summed E-state index contributed by atoms with van der Waals surface area (Å²) < 4.78 is 17.6. The maximum Gasteiger partial charge on any atom is 0.258 e. The normalized spacial score (nSPS) is 10.9. The van der Waals surface area contributed by atoms with Crippen molar-refractivity contribution in [2.75, 3.05) is 20.3 Å². The van der Waals surface area contributed by atoms with Crippen LogP contribution in [0.4, 0.5) is 0 Å². The summed E-state index contributed by atoms with van der Waals surface area (Å²) in [5.41, 5.74) is 2.25. The molecule has 0 bridgehead atoms. The van der Waals surface area contributed by atoms with Crippen molar-refractivity contribution in [2.45, 2.75) is 6.54 Å². The lowest BCUT2D eigenvalue weighted by atomic mass is 10.2. The van der Waals surface area contributed by atoms with Gasteiger partial charge >= 0.3 is 0 Å². The third-order valence-corrected chi connectivity index (χ3v) is 4.82. The molecule has 0 saturated heterocycles. The zero-order chi connectivity index (χ0) is 21.6. The van der Waals surface area contributed by atoms with Gasteiger partial charge in [-0.15, -0.1) is 0 Å². The van der Waals surface area contributed by atoms with Crippen molar-refractivity contribution in [1.82, 2.24) is 14.7 Å². The molecule has 0 N–H and O–H groups in total. The van der Waals surface area contributed by atoms with Crippen LogP contribution >= 0.6 is 11.6 Å². The molecule has 0 atom stereocenters. The summed E-state index contributed by atoms with van der Waals surface area (Å²) in [6.07, 6.45) is 1.72. The fourth-order valence-electron chi connectivity index (χ4n) is 3.01. The average molecular weight is 438 g/mol. The molecule has 4 rings (SSSR count). The summed E-state index contributed by atoms with van der Waals surface area (Å²) in [6.45, 7) is 1.35. The Morgan fingerprint density at radius 3 is 2.65 bits per heavy atom. The van der Waals surface area contributed by atoms with Crippen LogP contribution in [-0.4, -0.2) is 35.0 Å². The molecule has 8 heteroatoms. The van der Waals surface area contributed by atoms with Crippen LogP contribution in [0.15, 0.2) is 76.2 Å². The van der Waals surface area contributed by atoms with E-state index in [4.69, 9.17) is 25.6 Å². The molecule has 158 valence electrons. The average Bonchev–Trinajstić information content (AvgIpc) is 3.27. The molecular formula is C23H20ClN3O4. The Kier molecular flexibility index (Phi) is 6.45. The van der Waals surface area contributed by atoms with Gasteiger partial charge in [0.2, 0.25) is 5.82 Å². The number of methoxy groups -OCH3 is 1. The van der Waals surface area contributed by atoms with Crippen molar-refractivity contribution in [2.24, 2.45) is 0 Å². The van der Waals surface area contributed by atoms with Gasteiger partial charge in [-0.05, 0) is 48.0 Å². The zero-order valence-corrected chi connectivity index (χ0v) is 17.6. The summed E-state index contributed by atoms with van der Waals surface area (Å²) in [7, 11) is 1.63. The van der Waals surface area contributed by atoms with E-state index in [1.807, 2.05) is 36.4 Å². The van der Waals surface area contributed by atoms with E-state index in [0.717, 1.165) is 16.9 Å². The highest BCUT2D eigenvalue weighted by Crippen LogP contribution is 2.23. The number of pyridine rings is 1. The number of hydrogen-bond acceptors (Lipinski definition) is 6. The van der Waals surface area contributed by atoms with E-state index < -0.39 is 0 Å². The Bertz CT molecular complexity index is 1220. The van der Waals surface area contributed by atoms with Crippen molar-refractivity contribution < 1.29 is 14.0 Å². The zero-order valence-electron chi connectivity index (χ0n) is 16.8. The molecule has 2 aromatic carbocycles. The Balaban J connectivity index is 1.55. The number of halogens is 1. The van der Waals surface area contributed by atoms with Gasteiger partial charge in [-0.1, -0.05) is 28.9 Å². The fourth-order valence-corrected chi connectivity index (χ4v) is 3.14. The van der Waals surface area contributed by atoms with E-state index in [-0.39, 0.29) is 5.56 Å². The van der Waals surface area contributed by atoms with Crippen LogP contribution < -0.4 is 10.3 Å². The predicted molar refractivity (Wildman–Crippen MR) is 117 cm³/mol. The number of aromatic nitrogens is 3. The fraction of sp³-hybridized carbons (Fsp3) is 0.174. The van der Waals surface area contributed by atoms with E-state index in [2.05, 4.69) is 10.1 Å². The molecule has 2 aromatic heterocycles. The van der Waals surface area contributed by atoms with Gasteiger partial charge in [0.15, 0.2) is 0 Å². The highest BCUT2D eigenvalue weighted by atomic mass is 35.5. The van der Waals surface area contributed by atoms with Crippen molar-refractivity contribution in [1.29, 1.82) is 0 Å². The van der Waals surface area contributed by atoms with Crippen molar-refractivity contribution >= 4 is 11.6 Å². The summed E-state index contributed by atoms with van der Waals surface area (Å²) in [6, 6.07) is 17.9. The third kappa shape index (κ3) is 5.20. The largest absolute Gasteiger partial charge is 0.491 e. The molecule has 0 aliphatic carbocycles. The lowest BCUT2D eigenvalue weighted by molar-refractivity contribution is 0.146. The molecule has 0 unspecified atom stereocenters. The minimum absolute atomic E-state index is 0.129. The standard InChI is InChI=1S/C23H20ClN3O4/c1-29-11-12-30-20-4-2-3-16(13-20)14-27-15-18(7-10-21(27)28)22-25-23(31-26-22)17-5-8-19(24)9-6-17/h2-10,13,15H,11-12,14H2,1H3. The second-order valence-electron chi connectivity index (χ2n) is 6.80. The van der Waals surface area contributed by atoms with Crippen LogP contribution in [-0.2, 0) is 11.3 Å². The summed E-state index contributed by atoms with van der Waals surface area (Å²) in [5.74, 6) is 1.50. The number of nitrogens with zero attached hydrogens (tertiary/aromatic N) is 3. The first kappa shape index (κ1) is 20.8. The third-order valence-electron chi connectivity index (χ3n) is 4.57. The Morgan fingerprint density at radius 1 is 1.03 bits per heavy atom. The molecule has 2 heterocycles. The Hall–Kier alpha value is -3.42. The van der Waals surface area contributed by atoms with E-state index in [9.17, 15) is 4.79 Å². The molecule has 31 heavy (non-hydrogen) atoms. The van der Waals surface area contributed by atoms with Crippen LogP contribution in [0, 0.1) is 0 Å². The molecule has 0 fully saturated rings. The monoisotopic (exact) mass is 437 g/mol. The van der Waals surface area contributed by atoms with E-state index >= 15 is 0 Å². The lowest BCUT2D eigenvalue weighted by Gasteiger charge is -2.10. The van der Waals surface area contributed by atoms with Crippen LogP contribution in [0.25, 0.3) is 22.8 Å². The first-order valence-corrected chi connectivity index (χ1v) is 10.0. The topological polar surface area (TPSA) is 79.4 Å². The molecule has 0 saturated carbocycles. The molecule has 0 amide bonds. The molecule has 0 aliphatic heterocycles. The lowest BCUT2D eigenvalue weighted by Crippen LogP contribution is -2.19. The number of ether oxygens (including phenoxy) is 2. The smallest absolute Gasteiger partial charge is 0.258 e. The molecule has 0 aliphatic rings. The molecule has 0 spiro atoms. The Labute approximate surface area is 183 Å². The van der Waals surface area contributed by atoms with Gasteiger partial charge in [0.25, 0.3) is 11.4 Å². The molecule has 0 radical (unpaired) electrons. The molecule has 4 aromatic rings. The van der Waals surface area contributed by atoms with Gasteiger partial charge in [0, 0.05) is 35.5 Å². The van der Waals surface area contributed by atoms with Crippen molar-refractivity contribution in [3.8, 4) is 28.6 Å². The first-order chi connectivity index (χ1) is 15.1. The van der Waals surface area contributed by atoms with Crippen LogP contribution in [0.5, 0.6) is 5.75 Å². The minimum Gasteiger partial charge on any atom is -0.491 e. The quantitative estimate of drug-likeness (QED) is 0.382. The Morgan fingerprint density at radius 2 is 1.84 bits per heavy atom. The number of benzene rings is 2. The predicted octanol–water partition coefficient (Wildman–Crippen LogP) is 4.29. The van der Waals surface area contributed by atoms with Gasteiger partial charge in [0.05, 0.1) is 13.2 Å². The van der Waals surface area contributed by atoms with Crippen molar-refractivity contribution in [3.63, 3.8) is 0 Å². The molecule has 7 nitrogen and oxygen atoms in total. The SMILES string of the molecule is COCCOc1cccc(Cn2cc(-c3noc(-c4ccc(Cl)cc4)n3)ccc2=O)c1. The second kappa shape index (κ2) is 9.59. The summed E-state index contributed by atoms with van der Waals surface area (Å²) >= 11 is 5.93. The van der Waals surface area contributed by atoms with Gasteiger partial charge in [-0.3, -0.25) is 4.79 Å². The second-order valence-corrected chi connectivity index (χ2v) is 7.24. The first-order valence-electron chi connectivity index (χ1n) is 9.63. The highest BCUT2D eigenvalue weighted by Gasteiger charge is 2.12. The van der Waals surface area contributed by atoms with Crippen LogP contribution in [0.3, 0.4) is 0 Å². The van der Waals surface area contributed by atoms with Gasteiger partial charge in [-0.25, -0.2) is 0 Å². The summed E-state index contributed by atoms with van der Waals surface area (Å²) in [4.78, 5) is 16.8. The van der Waals surface area contributed by atoms with E-state index in [1.165, 1.54) is 6.07 Å². The molecular weight excluding hydrogens is 418 g/mol. The number of rotatable bonds is 8. The minimum atomic E-state index is -0.129.